The second-order valence-electron chi connectivity index (χ2n) is 12.2. The van der Waals surface area contributed by atoms with Crippen LogP contribution in [0.3, 0.4) is 0 Å². The van der Waals surface area contributed by atoms with E-state index in [0.29, 0.717) is 16.7 Å². The summed E-state index contributed by atoms with van der Waals surface area (Å²) in [5, 5.41) is 9.58. The quantitative estimate of drug-likeness (QED) is 0.439. The van der Waals surface area contributed by atoms with Gasteiger partial charge in [-0.1, -0.05) is 57.4 Å². The SMILES string of the molecule is CC=C(CC[C@@H](C)[C@H]1CC[C@H]2[C@@H]3CC=C4CCCC[C@]4(C)[C@H]3CC[C@]12C)C(C)CO. The normalized spacial score (nSPS) is 43.3. The Hall–Kier alpha value is -0.560. The van der Waals surface area contributed by atoms with E-state index < -0.39 is 0 Å². The topological polar surface area (TPSA) is 20.2 Å². The summed E-state index contributed by atoms with van der Waals surface area (Å²) in [6, 6.07) is 0. The van der Waals surface area contributed by atoms with E-state index in [2.05, 4.69) is 46.8 Å². The molecular weight excluding hydrogens is 364 g/mol. The largest absolute Gasteiger partial charge is 0.396 e. The Kier molecular flexibility index (Phi) is 6.61. The Labute approximate surface area is 186 Å². The van der Waals surface area contributed by atoms with Crippen molar-refractivity contribution in [2.24, 2.45) is 46.3 Å². The molecular formula is C29H48O. The Balaban J connectivity index is 1.47. The minimum Gasteiger partial charge on any atom is -0.396 e. The molecule has 0 amide bonds. The summed E-state index contributed by atoms with van der Waals surface area (Å²) in [6.45, 7) is 12.5. The van der Waals surface area contributed by atoms with E-state index >= 15 is 0 Å². The summed E-state index contributed by atoms with van der Waals surface area (Å²) in [5.74, 6) is 4.90. The van der Waals surface area contributed by atoms with Crippen molar-refractivity contribution in [3.63, 3.8) is 0 Å². The second-order valence-corrected chi connectivity index (χ2v) is 12.2. The van der Waals surface area contributed by atoms with Crippen LogP contribution in [0.15, 0.2) is 23.3 Å². The van der Waals surface area contributed by atoms with Gasteiger partial charge < -0.3 is 5.11 Å². The molecule has 170 valence electrons. The summed E-state index contributed by atoms with van der Waals surface area (Å²) in [6.07, 6.45) is 20.5. The summed E-state index contributed by atoms with van der Waals surface area (Å²) in [7, 11) is 0. The van der Waals surface area contributed by atoms with Crippen molar-refractivity contribution in [3.05, 3.63) is 23.3 Å². The first kappa shape index (κ1) is 22.6. The molecule has 0 aromatic carbocycles. The van der Waals surface area contributed by atoms with Crippen LogP contribution in [0.1, 0.15) is 105 Å². The molecule has 8 atom stereocenters. The van der Waals surface area contributed by atoms with E-state index in [1.165, 1.54) is 76.2 Å². The third-order valence-electron chi connectivity index (χ3n) is 10.9. The maximum atomic E-state index is 9.58. The Bertz CT molecular complexity index is 674. The highest BCUT2D eigenvalue weighted by molar-refractivity contribution is 5.24. The van der Waals surface area contributed by atoms with Crippen molar-refractivity contribution in [2.75, 3.05) is 6.61 Å². The third-order valence-corrected chi connectivity index (χ3v) is 10.9. The lowest BCUT2D eigenvalue weighted by molar-refractivity contribution is -0.0498. The first-order valence-corrected chi connectivity index (χ1v) is 13.3. The average Bonchev–Trinajstić information content (AvgIpc) is 3.10. The van der Waals surface area contributed by atoms with Gasteiger partial charge in [0.1, 0.15) is 0 Å². The standard InChI is InChI=1S/C29H48O/c1-6-22(21(3)19-30)11-10-20(2)25-14-15-26-24-13-12-23-9-7-8-17-28(23,4)27(24)16-18-29(25,26)5/h6,12,20-21,24-27,30H,7-11,13-19H2,1-5H3/t20-,21?,24+,25-,26+,27+,28+,29-/m1/s1. The molecule has 0 radical (unpaired) electrons. The lowest BCUT2D eigenvalue weighted by atomic mass is 9.47. The number of aliphatic hydroxyl groups is 1. The van der Waals surface area contributed by atoms with Crippen LogP contribution in [-0.2, 0) is 0 Å². The molecule has 0 aromatic heterocycles. The molecule has 0 saturated heterocycles. The first-order valence-electron chi connectivity index (χ1n) is 13.3. The van der Waals surface area contributed by atoms with Crippen LogP contribution >= 0.6 is 0 Å². The van der Waals surface area contributed by atoms with Gasteiger partial charge in [-0.2, -0.15) is 0 Å². The van der Waals surface area contributed by atoms with E-state index in [1.807, 2.05) is 5.57 Å². The lowest BCUT2D eigenvalue weighted by Crippen LogP contribution is -2.50. The van der Waals surface area contributed by atoms with E-state index in [9.17, 15) is 5.11 Å². The van der Waals surface area contributed by atoms with Crippen molar-refractivity contribution in [2.45, 2.75) is 105 Å². The number of rotatable bonds is 6. The van der Waals surface area contributed by atoms with Crippen LogP contribution in [0.5, 0.6) is 0 Å². The Morgan fingerprint density at radius 2 is 1.93 bits per heavy atom. The monoisotopic (exact) mass is 412 g/mol. The molecule has 1 heteroatoms. The van der Waals surface area contributed by atoms with Crippen LogP contribution in [0.2, 0.25) is 0 Å². The maximum absolute atomic E-state index is 9.58. The maximum Gasteiger partial charge on any atom is 0.0493 e. The van der Waals surface area contributed by atoms with E-state index in [0.717, 1.165) is 29.6 Å². The fourth-order valence-corrected chi connectivity index (χ4v) is 9.06. The molecule has 1 nitrogen and oxygen atoms in total. The van der Waals surface area contributed by atoms with Crippen LogP contribution in [0, 0.1) is 46.3 Å². The van der Waals surface area contributed by atoms with Gasteiger partial charge in [-0.05, 0) is 112 Å². The zero-order valence-electron chi connectivity index (χ0n) is 20.6. The highest BCUT2D eigenvalue weighted by Gasteiger charge is 2.58. The summed E-state index contributed by atoms with van der Waals surface area (Å²) < 4.78 is 0. The molecule has 4 aliphatic rings. The van der Waals surface area contributed by atoms with Gasteiger partial charge in [0, 0.05) is 12.5 Å². The number of fused-ring (bicyclic) bond motifs is 5. The molecule has 3 saturated carbocycles. The van der Waals surface area contributed by atoms with Gasteiger partial charge in [0.2, 0.25) is 0 Å². The van der Waals surface area contributed by atoms with Gasteiger partial charge in [-0.3, -0.25) is 0 Å². The van der Waals surface area contributed by atoms with Crippen molar-refractivity contribution in [3.8, 4) is 0 Å². The van der Waals surface area contributed by atoms with Gasteiger partial charge in [0.25, 0.3) is 0 Å². The third kappa shape index (κ3) is 3.66. The van der Waals surface area contributed by atoms with E-state index in [4.69, 9.17) is 0 Å². The zero-order valence-corrected chi connectivity index (χ0v) is 20.6. The molecule has 3 fully saturated rings. The van der Waals surface area contributed by atoms with Gasteiger partial charge in [0.15, 0.2) is 0 Å². The Morgan fingerprint density at radius 1 is 1.13 bits per heavy atom. The molecule has 4 aliphatic carbocycles. The number of aliphatic hydroxyl groups excluding tert-OH is 1. The van der Waals surface area contributed by atoms with E-state index in [1.54, 1.807) is 0 Å². The van der Waals surface area contributed by atoms with Crippen LogP contribution in [-0.4, -0.2) is 11.7 Å². The van der Waals surface area contributed by atoms with Crippen LogP contribution in [0.4, 0.5) is 0 Å². The fraction of sp³-hybridized carbons (Fsp3) is 0.862. The molecule has 4 rings (SSSR count). The molecule has 1 unspecified atom stereocenters. The van der Waals surface area contributed by atoms with Gasteiger partial charge in [-0.15, -0.1) is 0 Å². The second kappa shape index (κ2) is 8.76. The number of hydrogen-bond donors (Lipinski definition) is 1. The lowest BCUT2D eigenvalue weighted by Gasteiger charge is -2.58. The van der Waals surface area contributed by atoms with Crippen molar-refractivity contribution in [1.82, 2.24) is 0 Å². The summed E-state index contributed by atoms with van der Waals surface area (Å²) >= 11 is 0. The molecule has 0 aromatic rings. The first-order chi connectivity index (χ1) is 14.3. The highest BCUT2D eigenvalue weighted by atomic mass is 16.3. The minimum absolute atomic E-state index is 0.286. The van der Waals surface area contributed by atoms with Crippen LogP contribution < -0.4 is 0 Å². The molecule has 1 N–H and O–H groups in total. The van der Waals surface area contributed by atoms with Crippen molar-refractivity contribution in [1.29, 1.82) is 0 Å². The highest BCUT2D eigenvalue weighted by Crippen LogP contribution is 2.67. The fourth-order valence-electron chi connectivity index (χ4n) is 9.06. The predicted molar refractivity (Wildman–Crippen MR) is 128 cm³/mol. The number of allylic oxidation sites excluding steroid dienone is 3. The summed E-state index contributed by atoms with van der Waals surface area (Å²) in [5.41, 5.74) is 4.41. The Morgan fingerprint density at radius 3 is 2.67 bits per heavy atom. The summed E-state index contributed by atoms with van der Waals surface area (Å²) in [4.78, 5) is 0. The smallest absolute Gasteiger partial charge is 0.0493 e. The average molecular weight is 413 g/mol. The van der Waals surface area contributed by atoms with Crippen LogP contribution in [0.25, 0.3) is 0 Å². The molecule has 0 bridgehead atoms. The molecule has 30 heavy (non-hydrogen) atoms. The zero-order chi connectivity index (χ0) is 21.5. The molecule has 0 spiro atoms. The van der Waals surface area contributed by atoms with E-state index in [-0.39, 0.29) is 6.61 Å². The van der Waals surface area contributed by atoms with Gasteiger partial charge >= 0.3 is 0 Å². The molecule has 0 aliphatic heterocycles. The predicted octanol–water partition coefficient (Wildman–Crippen LogP) is 7.95. The minimum atomic E-state index is 0.286. The van der Waals surface area contributed by atoms with Gasteiger partial charge in [0.05, 0.1) is 0 Å². The van der Waals surface area contributed by atoms with Crippen molar-refractivity contribution >= 4 is 0 Å². The number of hydrogen-bond acceptors (Lipinski definition) is 1. The van der Waals surface area contributed by atoms with Crippen molar-refractivity contribution < 1.29 is 5.11 Å². The van der Waals surface area contributed by atoms with Gasteiger partial charge in [-0.25, -0.2) is 0 Å². The molecule has 0 heterocycles.